The number of rotatable bonds is 5. The number of aliphatic hydroxyl groups excluding tert-OH is 1. The molecule has 0 spiro atoms. The molecule has 0 saturated heterocycles. The molecule has 7 heteroatoms. The maximum absolute atomic E-state index is 12.3. The molecule has 0 heterocycles. The smallest absolute Gasteiger partial charge is 0.244 e. The van der Waals surface area contributed by atoms with E-state index in [1.54, 1.807) is 13.8 Å². The molecule has 2 N–H and O–H groups in total. The first kappa shape index (κ1) is 16.2. The van der Waals surface area contributed by atoms with Gasteiger partial charge < -0.3 is 9.84 Å². The van der Waals surface area contributed by atoms with Crippen LogP contribution in [0.1, 0.15) is 20.8 Å². The van der Waals surface area contributed by atoms with Gasteiger partial charge in [-0.25, -0.2) is 13.1 Å². The van der Waals surface area contributed by atoms with E-state index in [0.717, 1.165) is 0 Å². The molecule has 1 aromatic rings. The normalized spacial score (nSPS) is 14.2. The highest BCUT2D eigenvalue weighted by atomic mass is 35.5. The highest BCUT2D eigenvalue weighted by Crippen LogP contribution is 2.28. The number of methoxy groups -OCH3 is 1. The fraction of sp³-hybridized carbons (Fsp3) is 0.500. The van der Waals surface area contributed by atoms with Gasteiger partial charge in [0.15, 0.2) is 0 Å². The highest BCUT2D eigenvalue weighted by Gasteiger charge is 2.32. The van der Waals surface area contributed by atoms with E-state index < -0.39 is 21.7 Å². The van der Waals surface area contributed by atoms with Crippen LogP contribution in [-0.4, -0.2) is 32.3 Å². The summed E-state index contributed by atoms with van der Waals surface area (Å²) in [6.45, 7) is 4.71. The Morgan fingerprint density at radius 2 is 2.00 bits per heavy atom. The fourth-order valence-corrected chi connectivity index (χ4v) is 3.14. The zero-order valence-electron chi connectivity index (χ0n) is 11.3. The van der Waals surface area contributed by atoms with E-state index in [1.165, 1.54) is 32.2 Å². The van der Waals surface area contributed by atoms with E-state index in [1.807, 2.05) is 0 Å². The fourth-order valence-electron chi connectivity index (χ4n) is 1.35. The molecule has 108 valence electrons. The molecular formula is C12H18ClNO4S. The topological polar surface area (TPSA) is 75.6 Å². The van der Waals surface area contributed by atoms with Gasteiger partial charge in [0.05, 0.1) is 18.8 Å². The second-order valence-electron chi connectivity index (χ2n) is 4.80. The van der Waals surface area contributed by atoms with Crippen LogP contribution in [0.15, 0.2) is 23.1 Å². The summed E-state index contributed by atoms with van der Waals surface area (Å²) in [5.41, 5.74) is -0.997. The molecule has 1 aromatic carbocycles. The van der Waals surface area contributed by atoms with Crippen molar-refractivity contribution in [2.45, 2.75) is 37.3 Å². The number of benzene rings is 1. The summed E-state index contributed by atoms with van der Waals surface area (Å²) in [7, 11) is -2.45. The Labute approximate surface area is 118 Å². The SMILES string of the molecule is COc1cc(Cl)ccc1S(=O)(=O)NC(C)(C)C(C)O. The molecular weight excluding hydrogens is 290 g/mol. The predicted octanol–water partition coefficient (Wildman–Crippen LogP) is 1.79. The average Bonchev–Trinajstić information content (AvgIpc) is 2.26. The van der Waals surface area contributed by atoms with Crippen molar-refractivity contribution in [2.24, 2.45) is 0 Å². The average molecular weight is 308 g/mol. The Bertz CT molecular complexity index is 555. The molecule has 1 rings (SSSR count). The Morgan fingerprint density at radius 3 is 2.47 bits per heavy atom. The van der Waals surface area contributed by atoms with Gasteiger partial charge in [0, 0.05) is 11.1 Å². The van der Waals surface area contributed by atoms with Gasteiger partial charge in [-0.3, -0.25) is 0 Å². The third-order valence-electron chi connectivity index (χ3n) is 2.86. The molecule has 0 bridgehead atoms. The number of halogens is 1. The lowest BCUT2D eigenvalue weighted by Crippen LogP contribution is -2.50. The summed E-state index contributed by atoms with van der Waals surface area (Å²) >= 11 is 5.79. The van der Waals surface area contributed by atoms with Gasteiger partial charge in [-0.15, -0.1) is 0 Å². The lowest BCUT2D eigenvalue weighted by molar-refractivity contribution is 0.111. The molecule has 0 saturated carbocycles. The first-order chi connectivity index (χ1) is 8.60. The maximum atomic E-state index is 12.3. The summed E-state index contributed by atoms with van der Waals surface area (Å²) in [4.78, 5) is -0.0203. The van der Waals surface area contributed by atoms with Crippen molar-refractivity contribution < 1.29 is 18.3 Å². The van der Waals surface area contributed by atoms with Crippen LogP contribution in [0.25, 0.3) is 0 Å². The first-order valence-corrected chi connectivity index (χ1v) is 7.52. The van der Waals surface area contributed by atoms with Crippen molar-refractivity contribution in [2.75, 3.05) is 7.11 Å². The molecule has 1 atom stereocenters. The van der Waals surface area contributed by atoms with Crippen LogP contribution < -0.4 is 9.46 Å². The minimum absolute atomic E-state index is 0.0203. The predicted molar refractivity (Wildman–Crippen MR) is 74.1 cm³/mol. The van der Waals surface area contributed by atoms with E-state index in [2.05, 4.69) is 4.72 Å². The molecule has 5 nitrogen and oxygen atoms in total. The lowest BCUT2D eigenvalue weighted by Gasteiger charge is -2.29. The largest absolute Gasteiger partial charge is 0.495 e. The summed E-state index contributed by atoms with van der Waals surface area (Å²) in [5, 5.41) is 9.96. The number of nitrogens with one attached hydrogen (secondary N) is 1. The number of aliphatic hydroxyl groups is 1. The van der Waals surface area contributed by atoms with E-state index >= 15 is 0 Å². The molecule has 19 heavy (non-hydrogen) atoms. The standard InChI is InChI=1S/C12H18ClNO4S/c1-8(15)12(2,3)14-19(16,17)11-6-5-9(13)7-10(11)18-4/h5-8,14-15H,1-4H3. The summed E-state index contributed by atoms with van der Waals surface area (Å²) in [6, 6.07) is 4.25. The Balaban J connectivity index is 3.22. The van der Waals surface area contributed by atoms with Crippen LogP contribution in [0, 0.1) is 0 Å². The van der Waals surface area contributed by atoms with Crippen molar-refractivity contribution >= 4 is 21.6 Å². The van der Waals surface area contributed by atoms with E-state index in [-0.39, 0.29) is 10.6 Å². The zero-order valence-corrected chi connectivity index (χ0v) is 12.8. The van der Waals surface area contributed by atoms with Gasteiger partial charge in [-0.1, -0.05) is 11.6 Å². The van der Waals surface area contributed by atoms with Crippen LogP contribution >= 0.6 is 11.6 Å². The Kier molecular flexibility index (Phi) is 4.84. The number of hydrogen-bond acceptors (Lipinski definition) is 4. The van der Waals surface area contributed by atoms with Crippen LogP contribution in [0.3, 0.4) is 0 Å². The van der Waals surface area contributed by atoms with Crippen molar-refractivity contribution in [3.8, 4) is 5.75 Å². The van der Waals surface area contributed by atoms with Crippen molar-refractivity contribution in [3.05, 3.63) is 23.2 Å². The van der Waals surface area contributed by atoms with Crippen LogP contribution in [0.2, 0.25) is 5.02 Å². The molecule has 0 amide bonds. The highest BCUT2D eigenvalue weighted by molar-refractivity contribution is 7.89. The van der Waals surface area contributed by atoms with E-state index in [9.17, 15) is 13.5 Å². The third-order valence-corrected chi connectivity index (χ3v) is 4.80. The Hall–Kier alpha value is -0.820. The number of hydrogen-bond donors (Lipinski definition) is 2. The van der Waals surface area contributed by atoms with Crippen molar-refractivity contribution in [1.82, 2.24) is 4.72 Å². The monoisotopic (exact) mass is 307 g/mol. The van der Waals surface area contributed by atoms with Gasteiger partial charge in [-0.05, 0) is 32.9 Å². The molecule has 1 unspecified atom stereocenters. The second-order valence-corrected chi connectivity index (χ2v) is 6.89. The minimum atomic E-state index is -3.82. The van der Waals surface area contributed by atoms with Gasteiger partial charge >= 0.3 is 0 Å². The molecule has 0 radical (unpaired) electrons. The first-order valence-electron chi connectivity index (χ1n) is 5.66. The van der Waals surface area contributed by atoms with Gasteiger partial charge in [-0.2, -0.15) is 0 Å². The molecule has 0 aliphatic heterocycles. The summed E-state index contributed by atoms with van der Waals surface area (Å²) < 4.78 is 32.1. The van der Waals surface area contributed by atoms with Gasteiger partial charge in [0.1, 0.15) is 10.6 Å². The summed E-state index contributed by atoms with van der Waals surface area (Å²) in [6.07, 6.45) is -0.847. The molecule has 0 aromatic heterocycles. The third kappa shape index (κ3) is 3.82. The van der Waals surface area contributed by atoms with E-state index in [4.69, 9.17) is 16.3 Å². The molecule has 0 fully saturated rings. The zero-order chi connectivity index (χ0) is 14.8. The Morgan fingerprint density at radius 1 is 1.42 bits per heavy atom. The minimum Gasteiger partial charge on any atom is -0.495 e. The van der Waals surface area contributed by atoms with Gasteiger partial charge in [0.2, 0.25) is 10.0 Å². The molecule has 0 aliphatic carbocycles. The maximum Gasteiger partial charge on any atom is 0.244 e. The van der Waals surface area contributed by atoms with Crippen LogP contribution in [-0.2, 0) is 10.0 Å². The van der Waals surface area contributed by atoms with E-state index in [0.29, 0.717) is 5.02 Å². The van der Waals surface area contributed by atoms with Crippen LogP contribution in [0.4, 0.5) is 0 Å². The van der Waals surface area contributed by atoms with Crippen LogP contribution in [0.5, 0.6) is 5.75 Å². The van der Waals surface area contributed by atoms with Crippen molar-refractivity contribution in [1.29, 1.82) is 0 Å². The lowest BCUT2D eigenvalue weighted by atomic mass is 10.0. The number of ether oxygens (including phenoxy) is 1. The quantitative estimate of drug-likeness (QED) is 0.869. The second kappa shape index (κ2) is 5.66. The number of sulfonamides is 1. The summed E-state index contributed by atoms with van der Waals surface area (Å²) in [5.74, 6) is 0.154. The molecule has 0 aliphatic rings. The van der Waals surface area contributed by atoms with Gasteiger partial charge in [0.25, 0.3) is 0 Å². The van der Waals surface area contributed by atoms with Crippen molar-refractivity contribution in [3.63, 3.8) is 0 Å².